The molecule has 0 radical (unpaired) electrons. The number of halogens is 3. The summed E-state index contributed by atoms with van der Waals surface area (Å²) in [4.78, 5) is 27.3. The van der Waals surface area contributed by atoms with Crippen LogP contribution in [0.1, 0.15) is 76.0 Å². The van der Waals surface area contributed by atoms with E-state index in [1.54, 1.807) is 4.90 Å². The Bertz CT molecular complexity index is 1040. The standard InChI is InChI=1S/C25H33F3N4O2/c1-23(2,3)19-15-20(32(30-19)24(4,5)6)29-21(33)16-11-13-31(14-12-16)22(34)17-7-9-18(10-8-17)25(26,27)28/h7-10,15-16H,11-14H2,1-6H3,(H,29,33). The molecule has 186 valence electrons. The minimum absolute atomic E-state index is 0.118. The molecule has 1 aromatic heterocycles. The van der Waals surface area contributed by atoms with Crippen molar-refractivity contribution in [3.05, 3.63) is 47.2 Å². The Kier molecular flexibility index (Phi) is 6.88. The fourth-order valence-corrected chi connectivity index (χ4v) is 3.91. The quantitative estimate of drug-likeness (QED) is 0.638. The van der Waals surface area contributed by atoms with Crippen molar-refractivity contribution < 1.29 is 22.8 Å². The number of rotatable bonds is 3. The number of nitrogens with one attached hydrogen (secondary N) is 1. The number of piperidine rings is 1. The lowest BCUT2D eigenvalue weighted by molar-refractivity contribution is -0.137. The summed E-state index contributed by atoms with van der Waals surface area (Å²) in [6, 6.07) is 6.14. The van der Waals surface area contributed by atoms with Crippen molar-refractivity contribution in [1.29, 1.82) is 0 Å². The summed E-state index contributed by atoms with van der Waals surface area (Å²) >= 11 is 0. The van der Waals surface area contributed by atoms with E-state index in [1.807, 2.05) is 31.5 Å². The van der Waals surface area contributed by atoms with Gasteiger partial charge in [0.1, 0.15) is 5.82 Å². The van der Waals surface area contributed by atoms with E-state index < -0.39 is 11.7 Å². The van der Waals surface area contributed by atoms with E-state index in [0.29, 0.717) is 31.7 Å². The number of anilines is 1. The molecule has 1 aromatic carbocycles. The van der Waals surface area contributed by atoms with Gasteiger partial charge in [0.15, 0.2) is 0 Å². The molecule has 0 spiro atoms. The van der Waals surface area contributed by atoms with Crippen molar-refractivity contribution in [2.75, 3.05) is 18.4 Å². The number of nitrogens with zero attached hydrogens (tertiary/aromatic N) is 3. The molecule has 6 nitrogen and oxygen atoms in total. The largest absolute Gasteiger partial charge is 0.416 e. The molecule has 1 fully saturated rings. The minimum atomic E-state index is -4.44. The molecule has 0 bridgehead atoms. The van der Waals surface area contributed by atoms with Gasteiger partial charge < -0.3 is 10.2 Å². The topological polar surface area (TPSA) is 67.2 Å². The van der Waals surface area contributed by atoms with Crippen molar-refractivity contribution in [2.45, 2.75) is 71.5 Å². The molecule has 0 saturated carbocycles. The first-order valence-corrected chi connectivity index (χ1v) is 11.5. The number of amides is 2. The minimum Gasteiger partial charge on any atom is -0.339 e. The normalized spacial score (nSPS) is 16.0. The van der Waals surface area contributed by atoms with Gasteiger partial charge in [-0.3, -0.25) is 9.59 Å². The summed E-state index contributed by atoms with van der Waals surface area (Å²) in [7, 11) is 0. The molecule has 2 aromatic rings. The van der Waals surface area contributed by atoms with Gasteiger partial charge >= 0.3 is 6.18 Å². The van der Waals surface area contributed by atoms with Gasteiger partial charge in [-0.25, -0.2) is 4.68 Å². The Morgan fingerprint density at radius 3 is 2.00 bits per heavy atom. The van der Waals surface area contributed by atoms with Crippen LogP contribution in [0.25, 0.3) is 0 Å². The maximum absolute atomic E-state index is 13.0. The van der Waals surface area contributed by atoms with Gasteiger partial charge in [-0.05, 0) is 57.9 Å². The average Bonchev–Trinajstić information content (AvgIpc) is 3.18. The van der Waals surface area contributed by atoms with Crippen LogP contribution >= 0.6 is 0 Å². The number of hydrogen-bond donors (Lipinski definition) is 1. The Labute approximate surface area is 198 Å². The molecular weight excluding hydrogens is 445 g/mol. The summed E-state index contributed by atoms with van der Waals surface area (Å²) in [6.07, 6.45) is -3.48. The number of likely N-dealkylation sites (tertiary alicyclic amines) is 1. The second-order valence-corrected chi connectivity index (χ2v) is 10.9. The maximum atomic E-state index is 13.0. The van der Waals surface area contributed by atoms with Crippen LogP contribution in [0.2, 0.25) is 0 Å². The van der Waals surface area contributed by atoms with E-state index in [1.165, 1.54) is 12.1 Å². The van der Waals surface area contributed by atoms with Crippen LogP contribution in [0.15, 0.2) is 30.3 Å². The fourth-order valence-electron chi connectivity index (χ4n) is 3.91. The second kappa shape index (κ2) is 9.07. The first-order valence-electron chi connectivity index (χ1n) is 11.5. The molecule has 34 heavy (non-hydrogen) atoms. The third-order valence-electron chi connectivity index (χ3n) is 5.98. The third-order valence-corrected chi connectivity index (χ3v) is 5.98. The number of aromatic nitrogens is 2. The predicted octanol–water partition coefficient (Wildman–Crippen LogP) is 5.45. The number of alkyl halides is 3. The summed E-state index contributed by atoms with van der Waals surface area (Å²) in [5.74, 6) is -0.0653. The molecule has 1 N–H and O–H groups in total. The van der Waals surface area contributed by atoms with E-state index in [0.717, 1.165) is 17.8 Å². The molecule has 3 rings (SSSR count). The zero-order valence-electron chi connectivity index (χ0n) is 20.6. The SMILES string of the molecule is CC(C)(C)c1cc(NC(=O)C2CCN(C(=O)c3ccc(C(F)(F)F)cc3)CC2)n(C(C)(C)C)n1. The van der Waals surface area contributed by atoms with Crippen molar-refractivity contribution in [3.8, 4) is 0 Å². The zero-order valence-corrected chi connectivity index (χ0v) is 20.6. The van der Waals surface area contributed by atoms with Crippen molar-refractivity contribution in [3.63, 3.8) is 0 Å². The Morgan fingerprint density at radius 2 is 1.53 bits per heavy atom. The molecule has 0 unspecified atom stereocenters. The van der Waals surface area contributed by atoms with Crippen LogP contribution in [0.5, 0.6) is 0 Å². The highest BCUT2D eigenvalue weighted by Crippen LogP contribution is 2.31. The highest BCUT2D eigenvalue weighted by molar-refractivity contribution is 5.95. The lowest BCUT2D eigenvalue weighted by atomic mass is 9.92. The summed E-state index contributed by atoms with van der Waals surface area (Å²) in [6.45, 7) is 13.0. The summed E-state index contributed by atoms with van der Waals surface area (Å²) in [5, 5.41) is 7.75. The van der Waals surface area contributed by atoms with E-state index in [-0.39, 0.29) is 34.2 Å². The molecule has 2 heterocycles. The summed E-state index contributed by atoms with van der Waals surface area (Å²) in [5.41, 5.74) is -0.179. The second-order valence-electron chi connectivity index (χ2n) is 10.9. The molecule has 2 amide bonds. The van der Waals surface area contributed by atoms with Crippen LogP contribution in [0.4, 0.5) is 19.0 Å². The van der Waals surface area contributed by atoms with Crippen LogP contribution in [0.3, 0.4) is 0 Å². The molecule has 0 atom stereocenters. The lowest BCUT2D eigenvalue weighted by Gasteiger charge is -2.31. The number of carbonyl (C=O) groups excluding carboxylic acids is 2. The first-order chi connectivity index (χ1) is 15.6. The average molecular weight is 479 g/mol. The Morgan fingerprint density at radius 1 is 0.971 bits per heavy atom. The van der Waals surface area contributed by atoms with E-state index >= 15 is 0 Å². The van der Waals surface area contributed by atoms with E-state index in [4.69, 9.17) is 5.10 Å². The van der Waals surface area contributed by atoms with Gasteiger partial charge in [0, 0.05) is 36.1 Å². The van der Waals surface area contributed by atoms with Crippen molar-refractivity contribution >= 4 is 17.6 Å². The number of hydrogen-bond acceptors (Lipinski definition) is 3. The third kappa shape index (κ3) is 5.80. The smallest absolute Gasteiger partial charge is 0.339 e. The lowest BCUT2D eigenvalue weighted by Crippen LogP contribution is -2.41. The van der Waals surface area contributed by atoms with Gasteiger partial charge in [0.2, 0.25) is 5.91 Å². The highest BCUT2D eigenvalue weighted by atomic mass is 19.4. The summed E-state index contributed by atoms with van der Waals surface area (Å²) < 4.78 is 40.1. The van der Waals surface area contributed by atoms with Crippen LogP contribution in [0, 0.1) is 5.92 Å². The van der Waals surface area contributed by atoms with Gasteiger partial charge in [-0.2, -0.15) is 18.3 Å². The number of benzene rings is 1. The van der Waals surface area contributed by atoms with Crippen molar-refractivity contribution in [1.82, 2.24) is 14.7 Å². The number of carbonyl (C=O) groups is 2. The van der Waals surface area contributed by atoms with Gasteiger partial charge in [-0.15, -0.1) is 0 Å². The molecule has 1 aliphatic heterocycles. The molecule has 1 aliphatic rings. The van der Waals surface area contributed by atoms with E-state index in [2.05, 4.69) is 26.1 Å². The van der Waals surface area contributed by atoms with E-state index in [9.17, 15) is 22.8 Å². The van der Waals surface area contributed by atoms with Crippen LogP contribution in [-0.2, 0) is 21.9 Å². The van der Waals surface area contributed by atoms with Crippen LogP contribution in [-0.4, -0.2) is 39.6 Å². The van der Waals surface area contributed by atoms with Gasteiger partial charge in [0.25, 0.3) is 5.91 Å². The highest BCUT2D eigenvalue weighted by Gasteiger charge is 2.32. The monoisotopic (exact) mass is 478 g/mol. The molecule has 1 saturated heterocycles. The van der Waals surface area contributed by atoms with Gasteiger partial charge in [0.05, 0.1) is 16.8 Å². The zero-order chi connectivity index (χ0) is 25.5. The Balaban J connectivity index is 1.64. The maximum Gasteiger partial charge on any atom is 0.416 e. The van der Waals surface area contributed by atoms with Crippen LogP contribution < -0.4 is 5.32 Å². The predicted molar refractivity (Wildman–Crippen MR) is 125 cm³/mol. The first kappa shape index (κ1) is 25.8. The Hall–Kier alpha value is -2.84. The fraction of sp³-hybridized carbons (Fsp3) is 0.560. The van der Waals surface area contributed by atoms with Gasteiger partial charge in [-0.1, -0.05) is 20.8 Å². The molecular formula is C25H33F3N4O2. The molecule has 9 heteroatoms. The molecule has 0 aliphatic carbocycles. The van der Waals surface area contributed by atoms with Crippen molar-refractivity contribution in [2.24, 2.45) is 5.92 Å².